The SMILES string of the molecule is C[C@@H](OC(=O)C12C[C@H]3C[C@@H](CC(Cl)(C3)C1)C2)C(=O)Nc1ccc(Cl)cc1F. The molecule has 27 heavy (non-hydrogen) atoms. The molecule has 1 N–H and O–H groups in total. The molecule has 0 heterocycles. The lowest BCUT2D eigenvalue weighted by atomic mass is 9.49. The van der Waals surface area contributed by atoms with Crippen LogP contribution < -0.4 is 5.32 Å². The van der Waals surface area contributed by atoms with Crippen molar-refractivity contribution >= 4 is 40.8 Å². The van der Waals surface area contributed by atoms with Crippen molar-refractivity contribution in [2.75, 3.05) is 5.32 Å². The molecule has 0 aliphatic heterocycles. The predicted molar refractivity (Wildman–Crippen MR) is 101 cm³/mol. The van der Waals surface area contributed by atoms with Crippen LogP contribution in [0.25, 0.3) is 0 Å². The monoisotopic (exact) mass is 413 g/mol. The number of rotatable bonds is 4. The van der Waals surface area contributed by atoms with Gasteiger partial charge in [-0.15, -0.1) is 11.6 Å². The smallest absolute Gasteiger partial charge is 0.312 e. The molecule has 4 aliphatic rings. The van der Waals surface area contributed by atoms with Crippen LogP contribution in [0.2, 0.25) is 5.02 Å². The molecular formula is C20H22Cl2FNO3. The normalized spacial score (nSPS) is 35.0. The fourth-order valence-corrected chi connectivity index (χ4v) is 6.40. The number of esters is 1. The number of amides is 1. The molecule has 0 unspecified atom stereocenters. The Balaban J connectivity index is 1.42. The number of hydrogen-bond donors (Lipinski definition) is 1. The van der Waals surface area contributed by atoms with Gasteiger partial charge in [0.15, 0.2) is 6.10 Å². The standard InChI is InChI=1S/C20H22Cl2FNO3/c1-11(17(25)24-16-3-2-14(21)5-15(16)23)27-18(26)19-6-12-4-13(7-19)9-20(22,8-12)10-19/h2-3,5,11-13H,4,6-10H2,1H3,(H,24,25)/t11-,12-,13-,19?,20?/m1/s1. The van der Waals surface area contributed by atoms with Gasteiger partial charge >= 0.3 is 5.97 Å². The fourth-order valence-electron chi connectivity index (χ4n) is 5.55. The van der Waals surface area contributed by atoms with Gasteiger partial charge in [-0.2, -0.15) is 0 Å². The van der Waals surface area contributed by atoms with Gasteiger partial charge in [-0.1, -0.05) is 11.6 Å². The van der Waals surface area contributed by atoms with Gasteiger partial charge in [0, 0.05) is 9.90 Å². The Kier molecular flexibility index (Phi) is 4.66. The van der Waals surface area contributed by atoms with E-state index in [4.69, 9.17) is 27.9 Å². The minimum atomic E-state index is -1.02. The van der Waals surface area contributed by atoms with Crippen molar-refractivity contribution in [3.63, 3.8) is 0 Å². The molecule has 0 spiro atoms. The summed E-state index contributed by atoms with van der Waals surface area (Å²) in [6.07, 6.45) is 4.24. The summed E-state index contributed by atoms with van der Waals surface area (Å²) >= 11 is 12.5. The first-order chi connectivity index (χ1) is 12.7. The second-order valence-corrected chi connectivity index (χ2v) is 9.79. The highest BCUT2D eigenvalue weighted by atomic mass is 35.5. The molecular weight excluding hydrogens is 392 g/mol. The molecule has 3 atom stereocenters. The van der Waals surface area contributed by atoms with E-state index in [1.165, 1.54) is 19.1 Å². The number of carbonyl (C=O) groups excluding carboxylic acids is 2. The Labute approximate surface area is 167 Å². The third kappa shape index (κ3) is 3.56. The van der Waals surface area contributed by atoms with Gasteiger partial charge in [-0.05, 0) is 75.5 Å². The van der Waals surface area contributed by atoms with Crippen molar-refractivity contribution in [3.8, 4) is 0 Å². The molecule has 4 fully saturated rings. The lowest BCUT2D eigenvalue weighted by Gasteiger charge is -2.58. The van der Waals surface area contributed by atoms with Crippen LogP contribution in [-0.2, 0) is 14.3 Å². The highest BCUT2D eigenvalue weighted by Gasteiger charge is 2.61. The molecule has 5 rings (SSSR count). The minimum Gasteiger partial charge on any atom is -0.452 e. The summed E-state index contributed by atoms with van der Waals surface area (Å²) in [6, 6.07) is 3.97. The zero-order chi connectivity index (χ0) is 19.4. The molecule has 0 radical (unpaired) electrons. The van der Waals surface area contributed by atoms with Crippen LogP contribution in [0.1, 0.15) is 45.4 Å². The number of anilines is 1. The van der Waals surface area contributed by atoms with Gasteiger partial charge in [0.2, 0.25) is 0 Å². The predicted octanol–water partition coefficient (Wildman–Crippen LogP) is 4.93. The first-order valence-electron chi connectivity index (χ1n) is 9.34. The molecule has 1 amide bonds. The van der Waals surface area contributed by atoms with Crippen LogP contribution in [-0.4, -0.2) is 22.9 Å². The summed E-state index contributed by atoms with van der Waals surface area (Å²) in [5.41, 5.74) is -0.576. The third-order valence-corrected chi connectivity index (χ3v) is 6.94. The molecule has 0 aromatic heterocycles. The summed E-state index contributed by atoms with van der Waals surface area (Å²) in [7, 11) is 0. The Morgan fingerprint density at radius 2 is 1.93 bits per heavy atom. The molecule has 7 heteroatoms. The van der Waals surface area contributed by atoms with Gasteiger partial charge < -0.3 is 10.1 Å². The molecule has 4 saturated carbocycles. The average Bonchev–Trinajstić information content (AvgIpc) is 2.55. The topological polar surface area (TPSA) is 55.4 Å². The highest BCUT2D eigenvalue weighted by Crippen LogP contribution is 2.64. The molecule has 0 saturated heterocycles. The Hall–Kier alpha value is -1.33. The van der Waals surface area contributed by atoms with Crippen molar-refractivity contribution in [1.29, 1.82) is 0 Å². The number of nitrogens with one attached hydrogen (secondary N) is 1. The van der Waals surface area contributed by atoms with Crippen LogP contribution >= 0.6 is 23.2 Å². The number of carbonyl (C=O) groups is 2. The summed E-state index contributed by atoms with van der Waals surface area (Å²) in [5, 5.41) is 2.69. The first kappa shape index (κ1) is 19.0. The van der Waals surface area contributed by atoms with Gasteiger partial charge in [-0.25, -0.2) is 4.39 Å². The van der Waals surface area contributed by atoms with Crippen molar-refractivity contribution < 1.29 is 18.7 Å². The van der Waals surface area contributed by atoms with E-state index in [9.17, 15) is 14.0 Å². The van der Waals surface area contributed by atoms with Crippen LogP contribution in [0.3, 0.4) is 0 Å². The number of benzene rings is 1. The van der Waals surface area contributed by atoms with Crippen LogP contribution in [0, 0.1) is 23.1 Å². The zero-order valence-electron chi connectivity index (χ0n) is 15.1. The van der Waals surface area contributed by atoms with Crippen LogP contribution in [0.4, 0.5) is 10.1 Å². The quantitative estimate of drug-likeness (QED) is 0.562. The van der Waals surface area contributed by atoms with Gasteiger partial charge in [0.25, 0.3) is 5.91 Å². The van der Waals surface area contributed by atoms with E-state index < -0.39 is 23.2 Å². The summed E-state index contributed by atoms with van der Waals surface area (Å²) in [5.74, 6) is -0.637. The van der Waals surface area contributed by atoms with Gasteiger partial charge in [0.05, 0.1) is 11.1 Å². The van der Waals surface area contributed by atoms with Crippen LogP contribution in [0.15, 0.2) is 18.2 Å². The fraction of sp³-hybridized carbons (Fsp3) is 0.600. The van der Waals surface area contributed by atoms with E-state index >= 15 is 0 Å². The van der Waals surface area contributed by atoms with E-state index in [0.29, 0.717) is 18.3 Å². The summed E-state index contributed by atoms with van der Waals surface area (Å²) < 4.78 is 19.4. The lowest BCUT2D eigenvalue weighted by molar-refractivity contribution is -0.176. The van der Waals surface area contributed by atoms with Crippen molar-refractivity contribution in [1.82, 2.24) is 0 Å². The van der Waals surface area contributed by atoms with E-state index in [-0.39, 0.29) is 21.6 Å². The lowest BCUT2D eigenvalue weighted by Crippen LogP contribution is -2.57. The van der Waals surface area contributed by atoms with E-state index in [0.717, 1.165) is 38.2 Å². The van der Waals surface area contributed by atoms with Gasteiger partial charge in [-0.3, -0.25) is 9.59 Å². The maximum atomic E-state index is 13.9. The number of hydrogen-bond acceptors (Lipinski definition) is 3. The van der Waals surface area contributed by atoms with Crippen molar-refractivity contribution in [2.24, 2.45) is 17.3 Å². The van der Waals surface area contributed by atoms with Crippen LogP contribution in [0.5, 0.6) is 0 Å². The number of halogens is 3. The van der Waals surface area contributed by atoms with E-state index in [1.807, 2.05) is 0 Å². The van der Waals surface area contributed by atoms with E-state index in [2.05, 4.69) is 5.32 Å². The van der Waals surface area contributed by atoms with Crippen molar-refractivity contribution in [2.45, 2.75) is 56.4 Å². The molecule has 4 bridgehead atoms. The first-order valence-corrected chi connectivity index (χ1v) is 10.1. The largest absolute Gasteiger partial charge is 0.452 e. The minimum absolute atomic E-state index is 0.00168. The number of ether oxygens (including phenoxy) is 1. The van der Waals surface area contributed by atoms with E-state index in [1.54, 1.807) is 0 Å². The summed E-state index contributed by atoms with van der Waals surface area (Å²) in [6.45, 7) is 1.50. The summed E-state index contributed by atoms with van der Waals surface area (Å²) in [4.78, 5) is 25.0. The Morgan fingerprint density at radius 3 is 2.52 bits per heavy atom. The molecule has 146 valence electrons. The van der Waals surface area contributed by atoms with Crippen molar-refractivity contribution in [3.05, 3.63) is 29.0 Å². The maximum Gasteiger partial charge on any atom is 0.312 e. The molecule has 1 aromatic rings. The second-order valence-electron chi connectivity index (χ2n) is 8.55. The highest BCUT2D eigenvalue weighted by molar-refractivity contribution is 6.30. The van der Waals surface area contributed by atoms with Gasteiger partial charge in [0.1, 0.15) is 5.82 Å². The Bertz CT molecular complexity index is 785. The second kappa shape index (κ2) is 6.63. The Morgan fingerprint density at radius 1 is 1.26 bits per heavy atom. The third-order valence-electron chi connectivity index (χ3n) is 6.26. The molecule has 1 aromatic carbocycles. The zero-order valence-corrected chi connectivity index (χ0v) is 16.6. The number of alkyl halides is 1. The average molecular weight is 414 g/mol. The molecule has 4 aliphatic carbocycles. The maximum absolute atomic E-state index is 13.9. The molecule has 4 nitrogen and oxygen atoms in total.